The van der Waals surface area contributed by atoms with Gasteiger partial charge in [0.05, 0.1) is 17.2 Å². The highest BCUT2D eigenvalue weighted by Crippen LogP contribution is 2.22. The Hall–Kier alpha value is -3.26. The standard InChI is InChI=1S/C16H16N6O2/c1-2-5-14(16-17-12-6-3-4-7-13(12)18-16)22-10-11(19-21-22)8-9-15(23)20-24/h2-4,6-10,14,24H,1,5H2,(H,17,18)(H,20,23). The smallest absolute Gasteiger partial charge is 0.267 e. The molecule has 0 spiro atoms. The molecule has 3 rings (SSSR count). The summed E-state index contributed by atoms with van der Waals surface area (Å²) in [5.41, 5.74) is 3.83. The number of hydroxylamine groups is 1. The number of benzene rings is 1. The first-order valence-corrected chi connectivity index (χ1v) is 7.31. The number of allylic oxidation sites excluding steroid dienone is 1. The van der Waals surface area contributed by atoms with E-state index in [0.29, 0.717) is 12.1 Å². The summed E-state index contributed by atoms with van der Waals surface area (Å²) in [4.78, 5) is 18.9. The summed E-state index contributed by atoms with van der Waals surface area (Å²) in [7, 11) is 0. The van der Waals surface area contributed by atoms with E-state index in [2.05, 4.69) is 26.9 Å². The molecule has 8 heteroatoms. The van der Waals surface area contributed by atoms with Crippen molar-refractivity contribution in [3.63, 3.8) is 0 Å². The van der Waals surface area contributed by atoms with Gasteiger partial charge in [-0.25, -0.2) is 15.1 Å². The van der Waals surface area contributed by atoms with Gasteiger partial charge in [0.25, 0.3) is 5.91 Å². The van der Waals surface area contributed by atoms with Gasteiger partial charge >= 0.3 is 0 Å². The normalized spacial score (nSPS) is 12.5. The quantitative estimate of drug-likeness (QED) is 0.277. The van der Waals surface area contributed by atoms with E-state index in [1.807, 2.05) is 24.3 Å². The zero-order valence-electron chi connectivity index (χ0n) is 12.8. The maximum Gasteiger partial charge on any atom is 0.267 e. The van der Waals surface area contributed by atoms with Gasteiger partial charge in [0.1, 0.15) is 17.6 Å². The van der Waals surface area contributed by atoms with Crippen LogP contribution in [0.5, 0.6) is 0 Å². The number of nitrogens with one attached hydrogen (secondary N) is 2. The second kappa shape index (κ2) is 6.88. The van der Waals surface area contributed by atoms with Crippen LogP contribution in [0.2, 0.25) is 0 Å². The molecule has 0 aliphatic heterocycles. The summed E-state index contributed by atoms with van der Waals surface area (Å²) in [5.74, 6) is 0.120. The third-order valence-corrected chi connectivity index (χ3v) is 3.48. The van der Waals surface area contributed by atoms with Gasteiger partial charge < -0.3 is 4.98 Å². The molecule has 122 valence electrons. The van der Waals surface area contributed by atoms with Gasteiger partial charge in [-0.3, -0.25) is 10.0 Å². The maximum atomic E-state index is 11.0. The number of nitrogens with zero attached hydrogens (tertiary/aromatic N) is 4. The van der Waals surface area contributed by atoms with Gasteiger partial charge in [0.2, 0.25) is 0 Å². The van der Waals surface area contributed by atoms with Crippen molar-refractivity contribution < 1.29 is 10.0 Å². The van der Waals surface area contributed by atoms with Gasteiger partial charge in [0.15, 0.2) is 0 Å². The number of rotatable bonds is 6. The lowest BCUT2D eigenvalue weighted by atomic mass is 10.2. The predicted molar refractivity (Wildman–Crippen MR) is 88.0 cm³/mol. The van der Waals surface area contributed by atoms with Gasteiger partial charge in [-0.2, -0.15) is 0 Å². The molecule has 2 aromatic heterocycles. The Morgan fingerprint density at radius 2 is 2.29 bits per heavy atom. The number of para-hydroxylation sites is 2. The third-order valence-electron chi connectivity index (χ3n) is 3.48. The Morgan fingerprint density at radius 1 is 1.46 bits per heavy atom. The minimum atomic E-state index is -0.635. The number of carbonyl (C=O) groups is 1. The lowest BCUT2D eigenvalue weighted by Crippen LogP contribution is -2.14. The lowest BCUT2D eigenvalue weighted by Gasteiger charge is -2.11. The summed E-state index contributed by atoms with van der Waals surface area (Å²) < 4.78 is 1.66. The first-order chi connectivity index (χ1) is 11.7. The van der Waals surface area contributed by atoms with Crippen LogP contribution in [0, 0.1) is 0 Å². The number of carbonyl (C=O) groups excluding carboxylic acids is 1. The molecule has 3 aromatic rings. The van der Waals surface area contributed by atoms with Crippen LogP contribution in [0.1, 0.15) is 24.0 Å². The van der Waals surface area contributed by atoms with E-state index in [0.717, 1.165) is 22.9 Å². The zero-order valence-corrected chi connectivity index (χ0v) is 12.8. The summed E-state index contributed by atoms with van der Waals surface area (Å²) in [6.07, 6.45) is 6.72. The SMILES string of the molecule is C=CCC(c1nc2ccccc2[nH]1)n1cc(C=CC(=O)NO)nn1. The first-order valence-electron chi connectivity index (χ1n) is 7.31. The number of amides is 1. The van der Waals surface area contributed by atoms with E-state index in [-0.39, 0.29) is 6.04 Å². The third kappa shape index (κ3) is 3.23. The minimum Gasteiger partial charge on any atom is -0.340 e. The Balaban J connectivity index is 1.91. The Bertz CT molecular complexity index is 862. The van der Waals surface area contributed by atoms with Crippen LogP contribution < -0.4 is 5.48 Å². The molecule has 2 heterocycles. The zero-order chi connectivity index (χ0) is 16.9. The second-order valence-electron chi connectivity index (χ2n) is 5.11. The van der Waals surface area contributed by atoms with E-state index in [1.165, 1.54) is 11.6 Å². The first kappa shape index (κ1) is 15.6. The molecular weight excluding hydrogens is 308 g/mol. The number of hydrogen-bond donors (Lipinski definition) is 3. The van der Waals surface area contributed by atoms with Crippen molar-refractivity contribution in [2.24, 2.45) is 0 Å². The molecule has 1 atom stereocenters. The summed E-state index contributed by atoms with van der Waals surface area (Å²) in [5, 5.41) is 16.6. The van der Waals surface area contributed by atoms with E-state index in [1.54, 1.807) is 17.0 Å². The highest BCUT2D eigenvalue weighted by Gasteiger charge is 2.18. The van der Waals surface area contributed by atoms with Crippen LogP contribution in [-0.4, -0.2) is 36.1 Å². The van der Waals surface area contributed by atoms with Crippen molar-refractivity contribution in [2.75, 3.05) is 0 Å². The van der Waals surface area contributed by atoms with Gasteiger partial charge in [0, 0.05) is 6.08 Å². The predicted octanol–water partition coefficient (Wildman–Crippen LogP) is 1.84. The van der Waals surface area contributed by atoms with E-state index < -0.39 is 5.91 Å². The number of H-pyrrole nitrogens is 1. The molecule has 0 fully saturated rings. The van der Waals surface area contributed by atoms with Crippen molar-refractivity contribution in [1.82, 2.24) is 30.4 Å². The van der Waals surface area contributed by atoms with E-state index in [4.69, 9.17) is 5.21 Å². The van der Waals surface area contributed by atoms with Crippen LogP contribution in [-0.2, 0) is 4.79 Å². The van der Waals surface area contributed by atoms with Gasteiger partial charge in [-0.1, -0.05) is 23.4 Å². The van der Waals surface area contributed by atoms with Crippen LogP contribution in [0.25, 0.3) is 17.1 Å². The number of fused-ring (bicyclic) bond motifs is 1. The Labute approximate surface area is 137 Å². The molecule has 0 saturated carbocycles. The molecule has 0 radical (unpaired) electrons. The molecule has 0 aliphatic rings. The molecule has 0 bridgehead atoms. The molecular formula is C16H16N6O2. The highest BCUT2D eigenvalue weighted by molar-refractivity contribution is 5.90. The fourth-order valence-electron chi connectivity index (χ4n) is 2.35. The van der Waals surface area contributed by atoms with Crippen molar-refractivity contribution in [3.05, 3.63) is 60.7 Å². The monoisotopic (exact) mass is 324 g/mol. The van der Waals surface area contributed by atoms with Gasteiger partial charge in [-0.15, -0.1) is 11.7 Å². The minimum absolute atomic E-state index is 0.184. The highest BCUT2D eigenvalue weighted by atomic mass is 16.5. The number of aromatic amines is 1. The van der Waals surface area contributed by atoms with E-state index in [9.17, 15) is 4.79 Å². The van der Waals surface area contributed by atoms with Crippen LogP contribution in [0.4, 0.5) is 0 Å². The molecule has 0 saturated heterocycles. The topological polar surface area (TPSA) is 109 Å². The van der Waals surface area contributed by atoms with Crippen LogP contribution in [0.15, 0.2) is 49.2 Å². The van der Waals surface area contributed by atoms with Gasteiger partial charge in [-0.05, 0) is 24.6 Å². The van der Waals surface area contributed by atoms with Crippen molar-refractivity contribution in [1.29, 1.82) is 0 Å². The average Bonchev–Trinajstić information content (AvgIpc) is 3.24. The molecule has 1 unspecified atom stereocenters. The molecule has 1 aromatic carbocycles. The molecule has 8 nitrogen and oxygen atoms in total. The second-order valence-corrected chi connectivity index (χ2v) is 5.11. The number of aromatic nitrogens is 5. The molecule has 0 aliphatic carbocycles. The van der Waals surface area contributed by atoms with Crippen LogP contribution in [0.3, 0.4) is 0 Å². The Kier molecular flexibility index (Phi) is 4.48. The Morgan fingerprint density at radius 3 is 3.04 bits per heavy atom. The lowest BCUT2D eigenvalue weighted by molar-refractivity contribution is -0.124. The van der Waals surface area contributed by atoms with E-state index >= 15 is 0 Å². The van der Waals surface area contributed by atoms with Crippen molar-refractivity contribution in [3.8, 4) is 0 Å². The van der Waals surface area contributed by atoms with Crippen LogP contribution >= 0.6 is 0 Å². The number of imidazole rings is 1. The number of hydrogen-bond acceptors (Lipinski definition) is 5. The summed E-state index contributed by atoms with van der Waals surface area (Å²) in [6.45, 7) is 3.78. The van der Waals surface area contributed by atoms with Crippen molar-refractivity contribution in [2.45, 2.75) is 12.5 Å². The largest absolute Gasteiger partial charge is 0.340 e. The summed E-state index contributed by atoms with van der Waals surface area (Å²) in [6, 6.07) is 7.58. The average molecular weight is 324 g/mol. The molecule has 3 N–H and O–H groups in total. The maximum absolute atomic E-state index is 11.0. The fraction of sp³-hybridized carbons (Fsp3) is 0.125. The molecule has 1 amide bonds. The molecule has 24 heavy (non-hydrogen) atoms. The fourth-order valence-corrected chi connectivity index (χ4v) is 2.35. The summed E-state index contributed by atoms with van der Waals surface area (Å²) >= 11 is 0. The van der Waals surface area contributed by atoms with Crippen molar-refractivity contribution >= 4 is 23.0 Å².